The molecule has 5 heteroatoms. The zero-order chi connectivity index (χ0) is 16.7. The van der Waals surface area contributed by atoms with Gasteiger partial charge in [0.15, 0.2) is 0 Å². The van der Waals surface area contributed by atoms with E-state index in [4.69, 9.17) is 4.74 Å². The maximum absolute atomic E-state index is 12.1. The molecule has 1 aliphatic heterocycles. The summed E-state index contributed by atoms with van der Waals surface area (Å²) in [5.41, 5.74) is 0.576. The SMILES string of the molecule is CCOc1ccc(C(=O)NCC(O)CN2CCC(C)CC2)cc1. The maximum atomic E-state index is 12.1. The first-order valence-corrected chi connectivity index (χ1v) is 8.50. The first kappa shape index (κ1) is 17.8. The number of likely N-dealkylation sites (tertiary alicyclic amines) is 1. The summed E-state index contributed by atoms with van der Waals surface area (Å²) in [5, 5.41) is 12.9. The predicted molar refractivity (Wildman–Crippen MR) is 90.8 cm³/mol. The van der Waals surface area contributed by atoms with Crippen molar-refractivity contribution < 1.29 is 14.6 Å². The number of benzene rings is 1. The highest BCUT2D eigenvalue weighted by atomic mass is 16.5. The van der Waals surface area contributed by atoms with Crippen LogP contribution in [-0.2, 0) is 0 Å². The smallest absolute Gasteiger partial charge is 0.251 e. The molecule has 128 valence electrons. The van der Waals surface area contributed by atoms with Crippen molar-refractivity contribution in [2.24, 2.45) is 5.92 Å². The van der Waals surface area contributed by atoms with E-state index in [0.717, 1.165) is 24.8 Å². The Morgan fingerprint density at radius 2 is 2.00 bits per heavy atom. The van der Waals surface area contributed by atoms with Gasteiger partial charge >= 0.3 is 0 Å². The van der Waals surface area contributed by atoms with Crippen molar-refractivity contribution in [1.82, 2.24) is 10.2 Å². The highest BCUT2D eigenvalue weighted by Gasteiger charge is 2.18. The Hall–Kier alpha value is -1.59. The molecule has 1 aliphatic rings. The number of β-amino-alcohol motifs (C(OH)–C–C–N with tert-alkyl or cyclic N) is 1. The fourth-order valence-corrected chi connectivity index (χ4v) is 2.79. The summed E-state index contributed by atoms with van der Waals surface area (Å²) in [4.78, 5) is 14.3. The minimum Gasteiger partial charge on any atom is -0.494 e. The number of rotatable bonds is 7. The van der Waals surface area contributed by atoms with Crippen molar-refractivity contribution in [3.05, 3.63) is 29.8 Å². The first-order valence-electron chi connectivity index (χ1n) is 8.50. The van der Waals surface area contributed by atoms with E-state index in [1.54, 1.807) is 24.3 Å². The molecule has 0 spiro atoms. The van der Waals surface area contributed by atoms with Crippen LogP contribution >= 0.6 is 0 Å². The zero-order valence-electron chi connectivity index (χ0n) is 14.1. The summed E-state index contributed by atoms with van der Waals surface area (Å²) in [6.07, 6.45) is 1.84. The maximum Gasteiger partial charge on any atom is 0.251 e. The van der Waals surface area contributed by atoms with Gasteiger partial charge in [0.05, 0.1) is 12.7 Å². The standard InChI is InChI=1S/C18H28N2O3/c1-3-23-17-6-4-15(5-7-17)18(22)19-12-16(21)13-20-10-8-14(2)9-11-20/h4-7,14,16,21H,3,8-13H2,1-2H3,(H,19,22). The van der Waals surface area contributed by atoms with Gasteiger partial charge in [-0.15, -0.1) is 0 Å². The predicted octanol–water partition coefficient (Wildman–Crippen LogP) is 1.91. The molecule has 5 nitrogen and oxygen atoms in total. The second-order valence-corrected chi connectivity index (χ2v) is 6.30. The normalized spacial score (nSPS) is 17.7. The third kappa shape index (κ3) is 5.84. The number of hydrogen-bond donors (Lipinski definition) is 2. The van der Waals surface area contributed by atoms with Crippen LogP contribution in [0.2, 0.25) is 0 Å². The monoisotopic (exact) mass is 320 g/mol. The number of piperidine rings is 1. The molecule has 0 saturated carbocycles. The third-order valence-electron chi connectivity index (χ3n) is 4.27. The van der Waals surface area contributed by atoms with Crippen molar-refractivity contribution in [3.63, 3.8) is 0 Å². The van der Waals surface area contributed by atoms with Crippen molar-refractivity contribution in [2.75, 3.05) is 32.8 Å². The Morgan fingerprint density at radius 3 is 2.61 bits per heavy atom. The van der Waals surface area contributed by atoms with Gasteiger partial charge in [0, 0.05) is 18.7 Å². The van der Waals surface area contributed by atoms with Crippen LogP contribution in [0.5, 0.6) is 5.75 Å². The lowest BCUT2D eigenvalue weighted by Gasteiger charge is -2.31. The Morgan fingerprint density at radius 1 is 1.35 bits per heavy atom. The third-order valence-corrected chi connectivity index (χ3v) is 4.27. The summed E-state index contributed by atoms with van der Waals surface area (Å²) < 4.78 is 5.35. The van der Waals surface area contributed by atoms with Crippen molar-refractivity contribution >= 4 is 5.91 Å². The van der Waals surface area contributed by atoms with Crippen molar-refractivity contribution in [1.29, 1.82) is 0 Å². The number of aliphatic hydroxyl groups excluding tert-OH is 1. The van der Waals surface area contributed by atoms with Gasteiger partial charge in [0.2, 0.25) is 0 Å². The lowest BCUT2D eigenvalue weighted by atomic mass is 9.99. The van der Waals surface area contributed by atoms with Crippen LogP contribution in [-0.4, -0.2) is 54.8 Å². The average molecular weight is 320 g/mol. The van der Waals surface area contributed by atoms with Crippen LogP contribution in [0.1, 0.15) is 37.0 Å². The van der Waals surface area contributed by atoms with E-state index in [2.05, 4.69) is 17.1 Å². The number of carbonyl (C=O) groups excluding carboxylic acids is 1. The molecule has 1 atom stereocenters. The van der Waals surface area contributed by atoms with E-state index in [-0.39, 0.29) is 12.5 Å². The summed E-state index contributed by atoms with van der Waals surface area (Å²) in [7, 11) is 0. The van der Waals surface area contributed by atoms with Crippen LogP contribution in [0.25, 0.3) is 0 Å². The lowest BCUT2D eigenvalue weighted by molar-refractivity contribution is 0.0795. The molecule has 1 amide bonds. The number of ether oxygens (including phenoxy) is 1. The van der Waals surface area contributed by atoms with Gasteiger partial charge in [0.1, 0.15) is 5.75 Å². The van der Waals surface area contributed by atoms with E-state index in [0.29, 0.717) is 18.7 Å². The molecule has 1 heterocycles. The molecule has 0 bridgehead atoms. The molecular weight excluding hydrogens is 292 g/mol. The van der Waals surface area contributed by atoms with E-state index in [9.17, 15) is 9.90 Å². The Bertz CT molecular complexity index is 482. The quantitative estimate of drug-likeness (QED) is 0.805. The second-order valence-electron chi connectivity index (χ2n) is 6.30. The van der Waals surface area contributed by atoms with Gasteiger partial charge in [-0.3, -0.25) is 4.79 Å². The van der Waals surface area contributed by atoms with Crippen LogP contribution in [0.4, 0.5) is 0 Å². The number of nitrogens with one attached hydrogen (secondary N) is 1. The van der Waals surface area contributed by atoms with Crippen molar-refractivity contribution in [2.45, 2.75) is 32.8 Å². The van der Waals surface area contributed by atoms with Crippen LogP contribution < -0.4 is 10.1 Å². The number of nitrogens with zero attached hydrogens (tertiary/aromatic N) is 1. The number of carbonyl (C=O) groups is 1. The minimum absolute atomic E-state index is 0.167. The minimum atomic E-state index is -0.532. The molecule has 0 aliphatic carbocycles. The zero-order valence-corrected chi connectivity index (χ0v) is 14.1. The average Bonchev–Trinajstić information content (AvgIpc) is 2.56. The van der Waals surface area contributed by atoms with Gasteiger partial charge in [-0.05, 0) is 63.0 Å². The van der Waals surface area contributed by atoms with Gasteiger partial charge in [-0.25, -0.2) is 0 Å². The summed E-state index contributed by atoms with van der Waals surface area (Å²) in [6.45, 7) is 7.76. The Labute approximate surface area is 138 Å². The molecule has 1 unspecified atom stereocenters. The summed E-state index contributed by atoms with van der Waals surface area (Å²) in [6, 6.07) is 7.03. The van der Waals surface area contributed by atoms with Gasteiger partial charge < -0.3 is 20.1 Å². The van der Waals surface area contributed by atoms with E-state index in [1.165, 1.54) is 12.8 Å². The van der Waals surface area contributed by atoms with Gasteiger partial charge in [0.25, 0.3) is 5.91 Å². The molecule has 1 saturated heterocycles. The van der Waals surface area contributed by atoms with E-state index < -0.39 is 6.10 Å². The summed E-state index contributed by atoms with van der Waals surface area (Å²) >= 11 is 0. The number of aliphatic hydroxyl groups is 1. The van der Waals surface area contributed by atoms with Crippen LogP contribution in [0, 0.1) is 5.92 Å². The molecule has 0 aromatic heterocycles. The van der Waals surface area contributed by atoms with Crippen molar-refractivity contribution in [3.8, 4) is 5.75 Å². The second kappa shape index (κ2) is 8.89. The molecule has 1 fully saturated rings. The Kier molecular flexibility index (Phi) is 6.86. The highest BCUT2D eigenvalue weighted by molar-refractivity contribution is 5.94. The van der Waals surface area contributed by atoms with Crippen LogP contribution in [0.3, 0.4) is 0 Å². The van der Waals surface area contributed by atoms with Crippen LogP contribution in [0.15, 0.2) is 24.3 Å². The molecule has 1 aromatic carbocycles. The highest BCUT2D eigenvalue weighted by Crippen LogP contribution is 2.16. The van der Waals surface area contributed by atoms with Gasteiger partial charge in [-0.1, -0.05) is 6.92 Å². The van der Waals surface area contributed by atoms with E-state index >= 15 is 0 Å². The topological polar surface area (TPSA) is 61.8 Å². The van der Waals surface area contributed by atoms with E-state index in [1.807, 2.05) is 6.92 Å². The molecule has 0 radical (unpaired) electrons. The Balaban J connectivity index is 1.72. The molecule has 2 N–H and O–H groups in total. The fraction of sp³-hybridized carbons (Fsp3) is 0.611. The largest absolute Gasteiger partial charge is 0.494 e. The lowest BCUT2D eigenvalue weighted by Crippen LogP contribution is -2.43. The molecule has 23 heavy (non-hydrogen) atoms. The number of hydrogen-bond acceptors (Lipinski definition) is 4. The molecule has 2 rings (SSSR count). The molecule has 1 aromatic rings. The first-order chi connectivity index (χ1) is 11.1. The fourth-order valence-electron chi connectivity index (χ4n) is 2.79. The molecular formula is C18H28N2O3. The van der Waals surface area contributed by atoms with Gasteiger partial charge in [-0.2, -0.15) is 0 Å². The number of amides is 1. The summed E-state index contributed by atoms with van der Waals surface area (Å²) in [5.74, 6) is 1.37.